The molecule has 0 atom stereocenters. The first-order valence-corrected chi connectivity index (χ1v) is 4.11. The second-order valence-electron chi connectivity index (χ2n) is 1.78. The van der Waals surface area contributed by atoms with Crippen LogP contribution in [0.1, 0.15) is 13.8 Å². The third kappa shape index (κ3) is 3.55. The van der Waals surface area contributed by atoms with Crippen LogP contribution in [-0.2, 0) is 0 Å². The van der Waals surface area contributed by atoms with E-state index >= 15 is 0 Å². The van der Waals surface area contributed by atoms with Crippen molar-refractivity contribution < 1.29 is 0 Å². The first-order chi connectivity index (χ1) is 6.38. The van der Waals surface area contributed by atoms with E-state index in [2.05, 4.69) is 26.8 Å². The molecule has 0 aromatic rings. The van der Waals surface area contributed by atoms with Gasteiger partial charge in [0.2, 0.25) is 0 Å². The van der Waals surface area contributed by atoms with Crippen LogP contribution >= 0.6 is 0 Å². The summed E-state index contributed by atoms with van der Waals surface area (Å²) in [5.74, 6) is 0.535. The highest BCUT2D eigenvalue weighted by atomic mass is 15.1. The molecule has 0 fully saturated rings. The Morgan fingerprint density at radius 3 is 2.69 bits per heavy atom. The van der Waals surface area contributed by atoms with Crippen LogP contribution in [0.4, 0.5) is 0 Å². The van der Waals surface area contributed by atoms with Gasteiger partial charge >= 0.3 is 0 Å². The molecule has 0 aliphatic carbocycles. The topological polar surface area (TPSA) is 49.4 Å². The molecule has 1 heterocycles. The Hall–Kier alpha value is -1.58. The predicted octanol–water partition coefficient (Wildman–Crippen LogP) is 2.60. The first-order valence-electron chi connectivity index (χ1n) is 4.11. The fourth-order valence-corrected chi connectivity index (χ4v) is 0.676. The van der Waals surface area contributed by atoms with Gasteiger partial charge in [-0.3, -0.25) is 9.98 Å². The molecule has 0 aromatic heterocycles. The Kier molecular flexibility index (Phi) is 6.23. The quantitative estimate of drug-likeness (QED) is 0.592. The minimum absolute atomic E-state index is 0.535. The summed E-state index contributed by atoms with van der Waals surface area (Å²) >= 11 is 0. The number of rotatable bonds is 1. The van der Waals surface area contributed by atoms with E-state index in [1.807, 2.05) is 13.8 Å². The molecule has 0 radical (unpaired) electrons. The van der Waals surface area contributed by atoms with E-state index in [0.29, 0.717) is 11.5 Å². The molecule has 1 aliphatic rings. The van der Waals surface area contributed by atoms with Crippen LogP contribution in [0.25, 0.3) is 0 Å². The minimum Gasteiger partial charge on any atom is -0.267 e. The zero-order chi connectivity index (χ0) is 10.1. The summed E-state index contributed by atoms with van der Waals surface area (Å²) in [7, 11) is 1.64. The maximum atomic E-state index is 3.95. The van der Waals surface area contributed by atoms with Gasteiger partial charge in [-0.25, -0.2) is 0 Å². The van der Waals surface area contributed by atoms with Crippen molar-refractivity contribution in [2.45, 2.75) is 13.8 Å². The van der Waals surface area contributed by atoms with Crippen molar-refractivity contribution in [1.82, 2.24) is 0 Å². The van der Waals surface area contributed by atoms with E-state index in [-0.39, 0.29) is 0 Å². The van der Waals surface area contributed by atoms with Crippen LogP contribution in [0.5, 0.6) is 0 Å². The third-order valence-corrected chi connectivity index (χ3v) is 1.12. The molecule has 70 valence electrons. The van der Waals surface area contributed by atoms with Crippen molar-refractivity contribution in [2.75, 3.05) is 7.05 Å². The van der Waals surface area contributed by atoms with Crippen LogP contribution in [0.3, 0.4) is 0 Å². The molecule has 1 aliphatic heterocycles. The molecule has 0 amide bonds. The van der Waals surface area contributed by atoms with Crippen molar-refractivity contribution in [3.05, 3.63) is 25.1 Å². The smallest absolute Gasteiger partial charge is 0.195 e. The SMILES string of the molecule is C=CN=C1C=CN=NC1=NC.CC. The largest absolute Gasteiger partial charge is 0.267 e. The standard InChI is InChI=1S/C7H8N4.C2H6/c1-3-9-6-4-5-10-11-7(6)8-2;1-2/h3-5H,1H2,2H3;1-2H3. The summed E-state index contributed by atoms with van der Waals surface area (Å²) in [6.45, 7) is 7.47. The van der Waals surface area contributed by atoms with E-state index in [1.165, 1.54) is 6.20 Å². The van der Waals surface area contributed by atoms with E-state index in [9.17, 15) is 0 Å². The van der Waals surface area contributed by atoms with Gasteiger partial charge in [0.15, 0.2) is 5.84 Å². The van der Waals surface area contributed by atoms with Crippen molar-refractivity contribution in [2.24, 2.45) is 20.2 Å². The monoisotopic (exact) mass is 178 g/mol. The van der Waals surface area contributed by atoms with E-state index in [0.717, 1.165) is 0 Å². The number of hydrogen-bond donors (Lipinski definition) is 0. The van der Waals surface area contributed by atoms with Crippen molar-refractivity contribution >= 4 is 11.5 Å². The second kappa shape index (κ2) is 7.09. The van der Waals surface area contributed by atoms with Crippen LogP contribution in [0.2, 0.25) is 0 Å². The summed E-state index contributed by atoms with van der Waals surface area (Å²) in [4.78, 5) is 7.82. The van der Waals surface area contributed by atoms with Gasteiger partial charge in [0.25, 0.3) is 0 Å². The molecule has 13 heavy (non-hydrogen) atoms. The first kappa shape index (κ1) is 11.4. The number of amidine groups is 1. The van der Waals surface area contributed by atoms with Crippen LogP contribution in [0.15, 0.2) is 45.3 Å². The van der Waals surface area contributed by atoms with E-state index < -0.39 is 0 Å². The molecule has 0 bridgehead atoms. The highest BCUT2D eigenvalue weighted by molar-refractivity contribution is 6.46. The third-order valence-electron chi connectivity index (χ3n) is 1.12. The highest BCUT2D eigenvalue weighted by Crippen LogP contribution is 1.98. The minimum atomic E-state index is 0.535. The molecule has 4 heteroatoms. The zero-order valence-electron chi connectivity index (χ0n) is 8.23. The zero-order valence-corrected chi connectivity index (χ0v) is 8.23. The van der Waals surface area contributed by atoms with Gasteiger partial charge < -0.3 is 0 Å². The number of nitrogens with zero attached hydrogens (tertiary/aromatic N) is 4. The van der Waals surface area contributed by atoms with Gasteiger partial charge in [0.1, 0.15) is 5.71 Å². The Morgan fingerprint density at radius 1 is 1.46 bits per heavy atom. The van der Waals surface area contributed by atoms with Crippen LogP contribution in [0, 0.1) is 0 Å². The summed E-state index contributed by atoms with van der Waals surface area (Å²) < 4.78 is 0. The molecule has 0 aromatic carbocycles. The summed E-state index contributed by atoms with van der Waals surface area (Å²) in [5, 5.41) is 7.42. The van der Waals surface area contributed by atoms with Gasteiger partial charge in [0, 0.05) is 13.2 Å². The van der Waals surface area contributed by atoms with E-state index in [4.69, 9.17) is 0 Å². The van der Waals surface area contributed by atoms with Crippen molar-refractivity contribution in [1.29, 1.82) is 0 Å². The lowest BCUT2D eigenvalue weighted by Crippen LogP contribution is -2.09. The van der Waals surface area contributed by atoms with Gasteiger partial charge in [-0.1, -0.05) is 20.4 Å². The van der Waals surface area contributed by atoms with Crippen LogP contribution in [-0.4, -0.2) is 18.6 Å². The molecule has 0 saturated carbocycles. The lowest BCUT2D eigenvalue weighted by Gasteiger charge is -1.99. The Morgan fingerprint density at radius 2 is 2.15 bits per heavy atom. The highest BCUT2D eigenvalue weighted by Gasteiger charge is 2.05. The Labute approximate surface area is 78.5 Å². The molecule has 0 N–H and O–H groups in total. The molecule has 0 spiro atoms. The van der Waals surface area contributed by atoms with Gasteiger partial charge in [-0.2, -0.15) is 5.11 Å². The lowest BCUT2D eigenvalue weighted by molar-refractivity contribution is 1.24. The van der Waals surface area contributed by atoms with Crippen LogP contribution < -0.4 is 0 Å². The molecule has 0 unspecified atom stereocenters. The fraction of sp³-hybridized carbons (Fsp3) is 0.333. The van der Waals surface area contributed by atoms with Gasteiger partial charge in [-0.05, 0) is 6.08 Å². The molecular formula is C9H14N4. The second-order valence-corrected chi connectivity index (χ2v) is 1.78. The maximum absolute atomic E-state index is 3.95. The number of azo groups is 1. The van der Waals surface area contributed by atoms with Gasteiger partial charge in [-0.15, -0.1) is 5.11 Å². The number of hydrogen-bond acceptors (Lipinski definition) is 3. The summed E-state index contributed by atoms with van der Waals surface area (Å²) in [6, 6.07) is 0. The van der Waals surface area contributed by atoms with Gasteiger partial charge in [0.05, 0.1) is 6.20 Å². The summed E-state index contributed by atoms with van der Waals surface area (Å²) in [6.07, 6.45) is 4.75. The Balaban J connectivity index is 0.000000671. The summed E-state index contributed by atoms with van der Waals surface area (Å²) in [5.41, 5.74) is 0.692. The lowest BCUT2D eigenvalue weighted by atomic mass is 10.3. The average Bonchev–Trinajstić information content (AvgIpc) is 2.22. The van der Waals surface area contributed by atoms with Crippen molar-refractivity contribution in [3.63, 3.8) is 0 Å². The van der Waals surface area contributed by atoms with Crippen molar-refractivity contribution in [3.8, 4) is 0 Å². The average molecular weight is 178 g/mol. The van der Waals surface area contributed by atoms with E-state index in [1.54, 1.807) is 19.3 Å². The Bertz CT molecular complexity index is 271. The molecular weight excluding hydrogens is 164 g/mol. The maximum Gasteiger partial charge on any atom is 0.195 e. The molecule has 1 rings (SSSR count). The number of aliphatic imine (C=N–C) groups is 2. The predicted molar refractivity (Wildman–Crippen MR) is 56.3 cm³/mol. The molecule has 4 nitrogen and oxygen atoms in total. The molecule has 0 saturated heterocycles. The normalized spacial score (nSPS) is 19.9. The fourth-order valence-electron chi connectivity index (χ4n) is 0.676.